The van der Waals surface area contributed by atoms with Crippen LogP contribution in [0, 0.1) is 12.7 Å². The molecule has 5 aromatic rings. The van der Waals surface area contributed by atoms with Gasteiger partial charge in [0.1, 0.15) is 29.4 Å². The average molecular weight is 484 g/mol. The summed E-state index contributed by atoms with van der Waals surface area (Å²) in [6.45, 7) is 3.73. The zero-order chi connectivity index (χ0) is 24.6. The number of pyridine rings is 1. The van der Waals surface area contributed by atoms with E-state index >= 15 is 0 Å². The number of fused-ring (bicyclic) bond motifs is 1. The van der Waals surface area contributed by atoms with E-state index in [-0.39, 0.29) is 5.82 Å². The molecule has 2 N–H and O–H groups in total. The van der Waals surface area contributed by atoms with Crippen LogP contribution in [0.25, 0.3) is 33.5 Å². The monoisotopic (exact) mass is 483 g/mol. The molecule has 1 aliphatic rings. The fraction of sp³-hybridized carbons (Fsp3) is 0.259. The SMILES string of the molecule is COc1cc(-c2cc3c(N4CCC(c5nc(C)c(-c6ccc(F)cc6)[nH]5)CC4)ncnc3[nH]2)ccn1. The lowest BCUT2D eigenvalue weighted by Crippen LogP contribution is -2.33. The first-order valence-electron chi connectivity index (χ1n) is 12.0. The fourth-order valence-corrected chi connectivity index (χ4v) is 4.96. The first kappa shape index (κ1) is 22.2. The van der Waals surface area contributed by atoms with E-state index in [4.69, 9.17) is 9.72 Å². The van der Waals surface area contributed by atoms with Crippen LogP contribution >= 0.6 is 0 Å². The van der Waals surface area contributed by atoms with E-state index < -0.39 is 0 Å². The maximum Gasteiger partial charge on any atom is 0.213 e. The van der Waals surface area contributed by atoms with Gasteiger partial charge in [-0.1, -0.05) is 0 Å². The van der Waals surface area contributed by atoms with Crippen LogP contribution in [0.1, 0.15) is 30.3 Å². The summed E-state index contributed by atoms with van der Waals surface area (Å²) in [6, 6.07) is 12.5. The third-order valence-corrected chi connectivity index (χ3v) is 6.88. The number of ether oxygens (including phenoxy) is 1. The average Bonchev–Trinajstić information content (AvgIpc) is 3.53. The Morgan fingerprint density at radius 2 is 1.78 bits per heavy atom. The van der Waals surface area contributed by atoms with Gasteiger partial charge in [0.05, 0.1) is 23.9 Å². The number of methoxy groups -OCH3 is 1. The quantitative estimate of drug-likeness (QED) is 0.355. The van der Waals surface area contributed by atoms with Crippen molar-refractivity contribution in [2.75, 3.05) is 25.1 Å². The van der Waals surface area contributed by atoms with E-state index in [1.165, 1.54) is 12.1 Å². The van der Waals surface area contributed by atoms with Crippen molar-refractivity contribution in [1.82, 2.24) is 29.9 Å². The number of aryl methyl sites for hydroxylation is 1. The number of imidazole rings is 1. The lowest BCUT2D eigenvalue weighted by atomic mass is 9.96. The molecule has 36 heavy (non-hydrogen) atoms. The minimum Gasteiger partial charge on any atom is -0.481 e. The van der Waals surface area contributed by atoms with E-state index in [0.717, 1.165) is 76.8 Å². The Balaban J connectivity index is 1.21. The number of halogens is 1. The summed E-state index contributed by atoms with van der Waals surface area (Å²) in [5.74, 6) is 2.59. The number of piperidine rings is 1. The number of rotatable bonds is 5. The highest BCUT2D eigenvalue weighted by atomic mass is 19.1. The van der Waals surface area contributed by atoms with Crippen LogP contribution in [-0.4, -0.2) is 50.1 Å². The molecule has 4 aromatic heterocycles. The Morgan fingerprint density at radius 3 is 2.56 bits per heavy atom. The van der Waals surface area contributed by atoms with Gasteiger partial charge in [0, 0.05) is 48.1 Å². The number of benzene rings is 1. The number of H-pyrrole nitrogens is 2. The summed E-state index contributed by atoms with van der Waals surface area (Å²) in [5, 5.41) is 0.995. The molecule has 1 fully saturated rings. The summed E-state index contributed by atoms with van der Waals surface area (Å²) in [5.41, 5.74) is 5.57. The van der Waals surface area contributed by atoms with Crippen LogP contribution in [0.5, 0.6) is 5.88 Å². The van der Waals surface area contributed by atoms with Crippen LogP contribution in [0.4, 0.5) is 10.2 Å². The number of anilines is 1. The number of nitrogens with zero attached hydrogens (tertiary/aromatic N) is 5. The second-order valence-electron chi connectivity index (χ2n) is 9.08. The first-order valence-corrected chi connectivity index (χ1v) is 12.0. The second kappa shape index (κ2) is 9.07. The van der Waals surface area contributed by atoms with Crippen molar-refractivity contribution in [2.45, 2.75) is 25.7 Å². The molecule has 0 spiro atoms. The predicted octanol–water partition coefficient (Wildman–Crippen LogP) is 5.25. The summed E-state index contributed by atoms with van der Waals surface area (Å²) in [7, 11) is 1.61. The molecule has 0 aliphatic carbocycles. The van der Waals surface area contributed by atoms with Crippen molar-refractivity contribution in [3.05, 3.63) is 72.3 Å². The Morgan fingerprint density at radius 1 is 0.972 bits per heavy atom. The van der Waals surface area contributed by atoms with Gasteiger partial charge in [-0.15, -0.1) is 0 Å². The standard InChI is InChI=1S/C27H26FN7O/c1-16-24(17-3-5-20(28)6-4-17)34-25(32-16)18-8-11-35(12-9-18)27-21-14-22(33-26(21)30-15-31-27)19-7-10-29-23(13-19)36-2/h3-7,10,13-15,18H,8-9,11-12H2,1-2H3,(H,32,34)(H,30,31,33). The van der Waals surface area contributed by atoms with Crippen LogP contribution < -0.4 is 9.64 Å². The topological polar surface area (TPSA) is 95.6 Å². The summed E-state index contributed by atoms with van der Waals surface area (Å²) < 4.78 is 18.6. The number of aromatic amines is 2. The molecule has 6 rings (SSSR count). The highest BCUT2D eigenvalue weighted by Gasteiger charge is 2.26. The molecule has 8 nitrogen and oxygen atoms in total. The number of hydrogen-bond acceptors (Lipinski definition) is 6. The molecule has 1 aliphatic heterocycles. The van der Waals surface area contributed by atoms with Crippen LogP contribution in [0.3, 0.4) is 0 Å². The number of hydrogen-bond donors (Lipinski definition) is 2. The minimum absolute atomic E-state index is 0.239. The van der Waals surface area contributed by atoms with Crippen molar-refractivity contribution in [1.29, 1.82) is 0 Å². The Hall–Kier alpha value is -4.27. The molecule has 0 bridgehead atoms. The Bertz CT molecular complexity index is 1520. The highest BCUT2D eigenvalue weighted by Crippen LogP contribution is 2.34. The zero-order valence-corrected chi connectivity index (χ0v) is 20.1. The zero-order valence-electron chi connectivity index (χ0n) is 20.1. The van der Waals surface area contributed by atoms with Crippen LogP contribution in [0.15, 0.2) is 55.0 Å². The number of nitrogens with one attached hydrogen (secondary N) is 2. The maximum atomic E-state index is 13.3. The Kier molecular flexibility index (Phi) is 5.59. The molecule has 1 aromatic carbocycles. The van der Waals surface area contributed by atoms with Gasteiger partial charge in [-0.25, -0.2) is 24.3 Å². The van der Waals surface area contributed by atoms with Gasteiger partial charge in [0.2, 0.25) is 5.88 Å². The molecular formula is C27H26FN7O. The molecule has 0 saturated carbocycles. The summed E-state index contributed by atoms with van der Waals surface area (Å²) >= 11 is 0. The maximum absolute atomic E-state index is 13.3. The molecule has 182 valence electrons. The van der Waals surface area contributed by atoms with E-state index in [1.807, 2.05) is 19.1 Å². The Labute approximate surface area is 207 Å². The van der Waals surface area contributed by atoms with Gasteiger partial charge < -0.3 is 19.6 Å². The molecule has 0 amide bonds. The molecule has 0 unspecified atom stereocenters. The predicted molar refractivity (Wildman–Crippen MR) is 137 cm³/mol. The molecule has 5 heterocycles. The van der Waals surface area contributed by atoms with E-state index in [0.29, 0.717) is 11.8 Å². The van der Waals surface area contributed by atoms with Gasteiger partial charge in [-0.05, 0) is 56.2 Å². The van der Waals surface area contributed by atoms with Crippen molar-refractivity contribution in [3.8, 4) is 28.4 Å². The third kappa shape index (κ3) is 4.06. The van der Waals surface area contributed by atoms with Crippen molar-refractivity contribution in [2.24, 2.45) is 0 Å². The molecule has 0 radical (unpaired) electrons. The van der Waals surface area contributed by atoms with Gasteiger partial charge >= 0.3 is 0 Å². The summed E-state index contributed by atoms with van der Waals surface area (Å²) in [6.07, 6.45) is 5.26. The van der Waals surface area contributed by atoms with Crippen molar-refractivity contribution in [3.63, 3.8) is 0 Å². The normalized spacial score (nSPS) is 14.5. The smallest absolute Gasteiger partial charge is 0.213 e. The minimum atomic E-state index is -0.239. The van der Waals surface area contributed by atoms with Crippen LogP contribution in [-0.2, 0) is 0 Å². The first-order chi connectivity index (χ1) is 17.6. The molecule has 0 atom stereocenters. The van der Waals surface area contributed by atoms with E-state index in [9.17, 15) is 4.39 Å². The van der Waals surface area contributed by atoms with Crippen molar-refractivity contribution < 1.29 is 9.13 Å². The second-order valence-corrected chi connectivity index (χ2v) is 9.08. The fourth-order valence-electron chi connectivity index (χ4n) is 4.96. The molecule has 1 saturated heterocycles. The van der Waals surface area contributed by atoms with Gasteiger partial charge in [-0.2, -0.15) is 0 Å². The molecular weight excluding hydrogens is 457 g/mol. The number of aromatic nitrogens is 6. The van der Waals surface area contributed by atoms with Gasteiger partial charge in [0.15, 0.2) is 0 Å². The van der Waals surface area contributed by atoms with E-state index in [1.54, 1.807) is 31.8 Å². The highest BCUT2D eigenvalue weighted by molar-refractivity contribution is 5.92. The lowest BCUT2D eigenvalue weighted by Gasteiger charge is -2.32. The van der Waals surface area contributed by atoms with Crippen molar-refractivity contribution >= 4 is 16.9 Å². The summed E-state index contributed by atoms with van der Waals surface area (Å²) in [4.78, 5) is 27.3. The van der Waals surface area contributed by atoms with E-state index in [2.05, 4.69) is 35.9 Å². The third-order valence-electron chi connectivity index (χ3n) is 6.88. The largest absolute Gasteiger partial charge is 0.481 e. The van der Waals surface area contributed by atoms with Gasteiger partial charge in [0.25, 0.3) is 0 Å². The molecule has 9 heteroatoms. The lowest BCUT2D eigenvalue weighted by molar-refractivity contribution is 0.398. The van der Waals surface area contributed by atoms with Gasteiger partial charge in [-0.3, -0.25) is 0 Å². The van der Waals surface area contributed by atoms with Crippen LogP contribution in [0.2, 0.25) is 0 Å².